The molecule has 1 N–H and O–H groups in total. The molecular formula is C16H20Cl2N2. The van der Waals surface area contributed by atoms with Gasteiger partial charge in [-0.15, -0.1) is 0 Å². The van der Waals surface area contributed by atoms with Gasteiger partial charge in [-0.1, -0.05) is 29.3 Å². The summed E-state index contributed by atoms with van der Waals surface area (Å²) in [5.74, 6) is 0. The maximum absolute atomic E-state index is 6.24. The molecule has 0 fully saturated rings. The van der Waals surface area contributed by atoms with Gasteiger partial charge in [0.25, 0.3) is 0 Å². The molecule has 2 aromatic rings. The highest BCUT2D eigenvalue weighted by Gasteiger charge is 2.11. The Kier molecular flexibility index (Phi) is 4.79. The maximum atomic E-state index is 6.24. The third kappa shape index (κ3) is 4.27. The van der Waals surface area contributed by atoms with Crippen molar-refractivity contribution in [3.63, 3.8) is 0 Å². The second-order valence-electron chi connectivity index (χ2n) is 5.97. The molecular weight excluding hydrogens is 291 g/mol. The van der Waals surface area contributed by atoms with E-state index in [0.29, 0.717) is 10.0 Å². The highest BCUT2D eigenvalue weighted by atomic mass is 35.5. The average Bonchev–Trinajstić information content (AvgIpc) is 2.77. The van der Waals surface area contributed by atoms with Crippen molar-refractivity contribution < 1.29 is 0 Å². The molecule has 0 saturated carbocycles. The zero-order valence-electron chi connectivity index (χ0n) is 12.1. The SMILES string of the molecule is CC(C)(C)NCc1cccn1Cc1ccc(Cl)cc1Cl. The number of halogens is 2. The topological polar surface area (TPSA) is 17.0 Å². The van der Waals surface area contributed by atoms with Crippen molar-refractivity contribution in [1.29, 1.82) is 0 Å². The standard InChI is InChI=1S/C16H20Cl2N2/c1-16(2,3)19-10-14-5-4-8-20(14)11-12-6-7-13(17)9-15(12)18/h4-9,19H,10-11H2,1-3H3. The number of nitrogens with zero attached hydrogens (tertiary/aromatic N) is 1. The molecule has 2 rings (SSSR count). The second kappa shape index (κ2) is 6.21. The van der Waals surface area contributed by atoms with E-state index in [-0.39, 0.29) is 5.54 Å². The molecule has 0 atom stereocenters. The summed E-state index contributed by atoms with van der Waals surface area (Å²) in [4.78, 5) is 0. The van der Waals surface area contributed by atoms with Crippen LogP contribution in [0.1, 0.15) is 32.0 Å². The van der Waals surface area contributed by atoms with E-state index in [1.165, 1.54) is 5.69 Å². The Balaban J connectivity index is 2.12. The van der Waals surface area contributed by atoms with E-state index in [1.54, 1.807) is 6.07 Å². The summed E-state index contributed by atoms with van der Waals surface area (Å²) in [5, 5.41) is 4.88. The van der Waals surface area contributed by atoms with E-state index in [0.717, 1.165) is 18.7 Å². The summed E-state index contributed by atoms with van der Waals surface area (Å²) in [5.41, 5.74) is 2.42. The highest BCUT2D eigenvalue weighted by Crippen LogP contribution is 2.22. The van der Waals surface area contributed by atoms with Crippen molar-refractivity contribution in [1.82, 2.24) is 9.88 Å². The smallest absolute Gasteiger partial charge is 0.0488 e. The highest BCUT2D eigenvalue weighted by molar-refractivity contribution is 6.35. The van der Waals surface area contributed by atoms with E-state index in [4.69, 9.17) is 23.2 Å². The van der Waals surface area contributed by atoms with Gasteiger partial charge in [-0.05, 0) is 50.6 Å². The predicted molar refractivity (Wildman–Crippen MR) is 86.6 cm³/mol. The number of hydrogen-bond donors (Lipinski definition) is 1. The fourth-order valence-electron chi connectivity index (χ4n) is 1.95. The zero-order valence-corrected chi connectivity index (χ0v) is 13.6. The number of benzene rings is 1. The van der Waals surface area contributed by atoms with E-state index < -0.39 is 0 Å². The summed E-state index contributed by atoms with van der Waals surface area (Å²) in [7, 11) is 0. The lowest BCUT2D eigenvalue weighted by Gasteiger charge is -2.21. The van der Waals surface area contributed by atoms with E-state index in [2.05, 4.69) is 49.0 Å². The number of nitrogens with one attached hydrogen (secondary N) is 1. The molecule has 0 radical (unpaired) electrons. The lowest BCUT2D eigenvalue weighted by Crippen LogP contribution is -2.35. The Morgan fingerprint density at radius 1 is 1.15 bits per heavy atom. The van der Waals surface area contributed by atoms with Crippen LogP contribution in [0.2, 0.25) is 10.0 Å². The summed E-state index contributed by atoms with van der Waals surface area (Å²) in [6, 6.07) is 9.83. The van der Waals surface area contributed by atoms with E-state index in [1.807, 2.05) is 12.1 Å². The second-order valence-corrected chi connectivity index (χ2v) is 6.81. The van der Waals surface area contributed by atoms with Crippen LogP contribution in [0.5, 0.6) is 0 Å². The lowest BCUT2D eigenvalue weighted by atomic mass is 10.1. The first-order chi connectivity index (χ1) is 9.35. The van der Waals surface area contributed by atoms with Gasteiger partial charge in [-0.25, -0.2) is 0 Å². The fraction of sp³-hybridized carbons (Fsp3) is 0.375. The number of aromatic nitrogens is 1. The van der Waals surface area contributed by atoms with Gasteiger partial charge in [0.05, 0.1) is 0 Å². The van der Waals surface area contributed by atoms with Crippen LogP contribution < -0.4 is 5.32 Å². The van der Waals surface area contributed by atoms with Gasteiger partial charge < -0.3 is 9.88 Å². The minimum Gasteiger partial charge on any atom is -0.346 e. The van der Waals surface area contributed by atoms with Crippen molar-refractivity contribution in [2.75, 3.05) is 0 Å². The predicted octanol–water partition coefficient (Wildman–Crippen LogP) is 4.73. The molecule has 2 nitrogen and oxygen atoms in total. The van der Waals surface area contributed by atoms with Crippen LogP contribution in [0.4, 0.5) is 0 Å². The third-order valence-corrected chi connectivity index (χ3v) is 3.67. The number of hydrogen-bond acceptors (Lipinski definition) is 1. The fourth-order valence-corrected chi connectivity index (χ4v) is 2.42. The minimum absolute atomic E-state index is 0.104. The lowest BCUT2D eigenvalue weighted by molar-refractivity contribution is 0.417. The first-order valence-electron chi connectivity index (χ1n) is 6.68. The van der Waals surface area contributed by atoms with Gasteiger partial charge in [-0.2, -0.15) is 0 Å². The van der Waals surface area contributed by atoms with Crippen molar-refractivity contribution in [2.45, 2.75) is 39.4 Å². The van der Waals surface area contributed by atoms with Crippen LogP contribution in [0.3, 0.4) is 0 Å². The van der Waals surface area contributed by atoms with Gasteiger partial charge in [0.1, 0.15) is 0 Å². The molecule has 0 aliphatic rings. The summed E-state index contributed by atoms with van der Waals surface area (Å²) in [6.45, 7) is 8.08. The zero-order chi connectivity index (χ0) is 14.8. The van der Waals surface area contributed by atoms with Crippen LogP contribution in [0, 0.1) is 0 Å². The molecule has 0 saturated heterocycles. The van der Waals surface area contributed by atoms with Crippen molar-refractivity contribution in [2.24, 2.45) is 0 Å². The van der Waals surface area contributed by atoms with E-state index >= 15 is 0 Å². The van der Waals surface area contributed by atoms with Crippen LogP contribution in [-0.2, 0) is 13.1 Å². The summed E-state index contributed by atoms with van der Waals surface area (Å²) < 4.78 is 2.20. The maximum Gasteiger partial charge on any atom is 0.0488 e. The Morgan fingerprint density at radius 2 is 1.90 bits per heavy atom. The summed E-state index contributed by atoms with van der Waals surface area (Å²) >= 11 is 12.2. The average molecular weight is 311 g/mol. The first-order valence-corrected chi connectivity index (χ1v) is 7.44. The first kappa shape index (κ1) is 15.4. The number of rotatable bonds is 4. The molecule has 1 heterocycles. The normalized spacial score (nSPS) is 11.8. The molecule has 108 valence electrons. The Labute approximate surface area is 130 Å². The van der Waals surface area contributed by atoms with Gasteiger partial charge >= 0.3 is 0 Å². The van der Waals surface area contributed by atoms with Crippen molar-refractivity contribution in [3.8, 4) is 0 Å². The molecule has 0 spiro atoms. The molecule has 0 aliphatic heterocycles. The molecule has 4 heteroatoms. The molecule has 0 bridgehead atoms. The van der Waals surface area contributed by atoms with Gasteiger partial charge in [-0.3, -0.25) is 0 Å². The molecule has 0 aliphatic carbocycles. The molecule has 1 aromatic heterocycles. The largest absolute Gasteiger partial charge is 0.346 e. The quantitative estimate of drug-likeness (QED) is 0.863. The van der Waals surface area contributed by atoms with Gasteiger partial charge in [0.15, 0.2) is 0 Å². The van der Waals surface area contributed by atoms with Crippen LogP contribution >= 0.6 is 23.2 Å². The van der Waals surface area contributed by atoms with E-state index in [9.17, 15) is 0 Å². The molecule has 1 aromatic carbocycles. The Morgan fingerprint density at radius 3 is 2.55 bits per heavy atom. The Bertz CT molecular complexity index is 582. The molecule has 0 amide bonds. The Hall–Kier alpha value is -0.960. The minimum atomic E-state index is 0.104. The van der Waals surface area contributed by atoms with Crippen molar-refractivity contribution >= 4 is 23.2 Å². The van der Waals surface area contributed by atoms with Gasteiger partial charge in [0, 0.05) is 40.6 Å². The monoisotopic (exact) mass is 310 g/mol. The molecule has 20 heavy (non-hydrogen) atoms. The summed E-state index contributed by atoms with van der Waals surface area (Å²) in [6.07, 6.45) is 2.07. The van der Waals surface area contributed by atoms with Crippen molar-refractivity contribution in [3.05, 3.63) is 57.8 Å². The van der Waals surface area contributed by atoms with Crippen LogP contribution in [0.15, 0.2) is 36.5 Å². The molecule has 0 unspecified atom stereocenters. The van der Waals surface area contributed by atoms with Crippen LogP contribution in [-0.4, -0.2) is 10.1 Å². The van der Waals surface area contributed by atoms with Gasteiger partial charge in [0.2, 0.25) is 0 Å². The third-order valence-electron chi connectivity index (χ3n) is 3.08. The van der Waals surface area contributed by atoms with Crippen LogP contribution in [0.25, 0.3) is 0 Å².